The molecule has 1 nitrogen and oxygen atoms in total. The number of halogens is 5. The van der Waals surface area contributed by atoms with E-state index >= 15 is 0 Å². The Hall–Kier alpha value is -2.11. The van der Waals surface area contributed by atoms with E-state index in [4.69, 9.17) is 0 Å². The third-order valence-electron chi connectivity index (χ3n) is 2.82. The van der Waals surface area contributed by atoms with Crippen LogP contribution in [0, 0.1) is 6.92 Å². The maximum Gasteiger partial charge on any atom is 0.499 e. The number of alkyl halides is 5. The lowest BCUT2D eigenvalue weighted by Gasteiger charge is -2.20. The second kappa shape index (κ2) is 5.35. The topological polar surface area (TPSA) is 9.23 Å². The normalized spacial score (nSPS) is 12.3. The molecule has 0 aliphatic carbocycles. The Morgan fingerprint density at radius 2 is 1.14 bits per heavy atom. The van der Waals surface area contributed by atoms with Crippen molar-refractivity contribution in [2.75, 3.05) is 0 Å². The van der Waals surface area contributed by atoms with Crippen LogP contribution in [0.2, 0.25) is 0 Å². The van der Waals surface area contributed by atoms with Crippen molar-refractivity contribution in [2.45, 2.75) is 19.2 Å². The van der Waals surface area contributed by atoms with E-state index < -0.39 is 18.0 Å². The van der Waals surface area contributed by atoms with E-state index in [9.17, 15) is 22.0 Å². The molecule has 0 saturated heterocycles. The first kappa shape index (κ1) is 15.3. The van der Waals surface area contributed by atoms with Gasteiger partial charge < -0.3 is 4.74 Å². The summed E-state index contributed by atoms with van der Waals surface area (Å²) in [6, 6.07) is 12.4. The Morgan fingerprint density at radius 1 is 0.714 bits per heavy atom. The highest BCUT2D eigenvalue weighted by Crippen LogP contribution is 2.37. The van der Waals surface area contributed by atoms with Crippen LogP contribution >= 0.6 is 0 Å². The first-order valence-electron chi connectivity index (χ1n) is 6.00. The van der Waals surface area contributed by atoms with Crippen molar-refractivity contribution < 1.29 is 26.7 Å². The first-order chi connectivity index (χ1) is 9.69. The maximum atomic E-state index is 12.7. The van der Waals surface area contributed by atoms with E-state index in [0.29, 0.717) is 5.56 Å². The smallest absolute Gasteiger partial charge is 0.426 e. The fourth-order valence-corrected chi connectivity index (χ4v) is 1.67. The minimum Gasteiger partial charge on any atom is -0.426 e. The molecule has 6 heteroatoms. The molecule has 0 radical (unpaired) electrons. The van der Waals surface area contributed by atoms with Gasteiger partial charge in [0.25, 0.3) is 0 Å². The van der Waals surface area contributed by atoms with E-state index in [2.05, 4.69) is 4.74 Å². The summed E-state index contributed by atoms with van der Waals surface area (Å²) >= 11 is 0. The third kappa shape index (κ3) is 3.51. The fourth-order valence-electron chi connectivity index (χ4n) is 1.67. The van der Waals surface area contributed by atoms with E-state index in [1.807, 2.05) is 31.2 Å². The molecular formula is C15H11F5O. The highest BCUT2D eigenvalue weighted by molar-refractivity contribution is 5.64. The third-order valence-corrected chi connectivity index (χ3v) is 2.82. The fraction of sp³-hybridized carbons (Fsp3) is 0.200. The predicted octanol–water partition coefficient (Wildman–Crippen LogP) is 5.20. The zero-order chi connectivity index (χ0) is 15.7. The number of rotatable bonds is 3. The van der Waals surface area contributed by atoms with Crippen LogP contribution in [0.5, 0.6) is 5.75 Å². The van der Waals surface area contributed by atoms with Gasteiger partial charge in [0.2, 0.25) is 0 Å². The van der Waals surface area contributed by atoms with Crippen molar-refractivity contribution in [2.24, 2.45) is 0 Å². The van der Waals surface area contributed by atoms with Crippen LogP contribution in [0.1, 0.15) is 5.56 Å². The monoisotopic (exact) mass is 302 g/mol. The summed E-state index contributed by atoms with van der Waals surface area (Å²) in [5, 5.41) is 0. The van der Waals surface area contributed by atoms with Crippen molar-refractivity contribution in [3.63, 3.8) is 0 Å². The summed E-state index contributed by atoms with van der Waals surface area (Å²) in [6.07, 6.45) is -11.0. The van der Waals surface area contributed by atoms with Crippen LogP contribution in [0.4, 0.5) is 22.0 Å². The van der Waals surface area contributed by atoms with Gasteiger partial charge in [0, 0.05) is 0 Å². The lowest BCUT2D eigenvalue weighted by molar-refractivity contribution is -0.360. The molecule has 2 rings (SSSR count). The number of ether oxygens (including phenoxy) is 1. The largest absolute Gasteiger partial charge is 0.499 e. The van der Waals surface area contributed by atoms with E-state index in [1.165, 1.54) is 12.1 Å². The molecule has 21 heavy (non-hydrogen) atoms. The zero-order valence-electron chi connectivity index (χ0n) is 10.9. The van der Waals surface area contributed by atoms with Crippen LogP contribution in [0.3, 0.4) is 0 Å². The number of aryl methyl sites for hydroxylation is 1. The highest BCUT2D eigenvalue weighted by Gasteiger charge is 2.61. The lowest BCUT2D eigenvalue weighted by atomic mass is 10.0. The molecular weight excluding hydrogens is 291 g/mol. The first-order valence-corrected chi connectivity index (χ1v) is 6.00. The van der Waals surface area contributed by atoms with Gasteiger partial charge in [0.05, 0.1) is 0 Å². The summed E-state index contributed by atoms with van der Waals surface area (Å²) in [4.78, 5) is 0. The predicted molar refractivity (Wildman–Crippen MR) is 68.2 cm³/mol. The van der Waals surface area contributed by atoms with Crippen molar-refractivity contribution in [1.82, 2.24) is 0 Å². The van der Waals surface area contributed by atoms with Gasteiger partial charge in [-0.1, -0.05) is 42.0 Å². The summed E-state index contributed by atoms with van der Waals surface area (Å²) in [7, 11) is 0. The van der Waals surface area contributed by atoms with Gasteiger partial charge in [-0.15, -0.1) is 0 Å². The second-order valence-corrected chi connectivity index (χ2v) is 4.51. The molecule has 0 aromatic heterocycles. The molecule has 0 unspecified atom stereocenters. The van der Waals surface area contributed by atoms with Crippen molar-refractivity contribution in [3.8, 4) is 16.9 Å². The summed E-state index contributed by atoms with van der Waals surface area (Å²) < 4.78 is 65.3. The maximum absolute atomic E-state index is 12.7. The number of benzene rings is 2. The van der Waals surface area contributed by atoms with Gasteiger partial charge in [0.1, 0.15) is 5.75 Å². The van der Waals surface area contributed by atoms with E-state index in [0.717, 1.165) is 23.3 Å². The van der Waals surface area contributed by atoms with Gasteiger partial charge in [-0.05, 0) is 30.2 Å². The van der Waals surface area contributed by atoms with Gasteiger partial charge in [0.15, 0.2) is 0 Å². The van der Waals surface area contributed by atoms with E-state index in [-0.39, 0.29) is 0 Å². The zero-order valence-corrected chi connectivity index (χ0v) is 10.9. The quantitative estimate of drug-likeness (QED) is 0.708. The molecule has 2 aromatic rings. The Balaban J connectivity index is 2.18. The molecule has 0 heterocycles. The molecule has 112 valence electrons. The van der Waals surface area contributed by atoms with Crippen LogP contribution in [0.25, 0.3) is 11.1 Å². The number of hydrogen-bond acceptors (Lipinski definition) is 1. The Bertz CT molecular complexity index is 599. The Labute approximate surface area is 118 Å². The molecule has 0 amide bonds. The standard InChI is InChI=1S/C15H11F5O/c1-10-2-4-11(5-3-10)12-6-8-13(9-7-12)21-15(19,20)14(16,17)18/h2-9H,1H3. The van der Waals surface area contributed by atoms with E-state index in [1.54, 1.807) is 0 Å². The molecule has 0 N–H and O–H groups in total. The molecule has 0 aliphatic rings. The molecule has 0 aliphatic heterocycles. The van der Waals surface area contributed by atoms with Crippen molar-refractivity contribution in [3.05, 3.63) is 54.1 Å². The van der Waals surface area contributed by atoms with Gasteiger partial charge in [-0.3, -0.25) is 0 Å². The van der Waals surface area contributed by atoms with Crippen LogP contribution < -0.4 is 4.74 Å². The Kier molecular flexibility index (Phi) is 3.89. The van der Waals surface area contributed by atoms with Crippen molar-refractivity contribution >= 4 is 0 Å². The van der Waals surface area contributed by atoms with Gasteiger partial charge in [-0.25, -0.2) is 0 Å². The minimum atomic E-state index is -5.75. The molecule has 0 fully saturated rings. The van der Waals surface area contributed by atoms with Gasteiger partial charge in [-0.2, -0.15) is 22.0 Å². The molecule has 2 aromatic carbocycles. The average molecular weight is 302 g/mol. The van der Waals surface area contributed by atoms with Gasteiger partial charge >= 0.3 is 12.3 Å². The molecule has 0 saturated carbocycles. The minimum absolute atomic E-state index is 0.548. The highest BCUT2D eigenvalue weighted by atomic mass is 19.4. The molecule has 0 atom stereocenters. The number of hydrogen-bond donors (Lipinski definition) is 0. The summed E-state index contributed by atoms with van der Waals surface area (Å²) in [5.41, 5.74) is 2.58. The molecule has 0 bridgehead atoms. The molecule has 0 spiro atoms. The van der Waals surface area contributed by atoms with Crippen LogP contribution in [-0.4, -0.2) is 12.3 Å². The van der Waals surface area contributed by atoms with Crippen LogP contribution in [0.15, 0.2) is 48.5 Å². The van der Waals surface area contributed by atoms with Crippen LogP contribution in [-0.2, 0) is 0 Å². The SMILES string of the molecule is Cc1ccc(-c2ccc(OC(F)(F)C(F)(F)F)cc2)cc1. The lowest BCUT2D eigenvalue weighted by Crippen LogP contribution is -2.41. The summed E-state index contributed by atoms with van der Waals surface area (Å²) in [5.74, 6) is -0.548. The van der Waals surface area contributed by atoms with Crippen molar-refractivity contribution in [1.29, 1.82) is 0 Å². The second-order valence-electron chi connectivity index (χ2n) is 4.51. The average Bonchev–Trinajstić information content (AvgIpc) is 2.39. The Morgan fingerprint density at radius 3 is 1.57 bits per heavy atom. The summed E-state index contributed by atoms with van der Waals surface area (Å²) in [6.45, 7) is 1.92.